The van der Waals surface area contributed by atoms with Crippen molar-refractivity contribution in [1.29, 1.82) is 0 Å². The van der Waals surface area contributed by atoms with Gasteiger partial charge >= 0.3 is 0 Å². The van der Waals surface area contributed by atoms with Gasteiger partial charge in [0.2, 0.25) is 21.8 Å². The number of hydrogen-bond acceptors (Lipinski definition) is 4. The van der Waals surface area contributed by atoms with Crippen molar-refractivity contribution in [3.8, 4) is 0 Å². The molecule has 3 aromatic rings. The highest BCUT2D eigenvalue weighted by Crippen LogP contribution is 2.29. The van der Waals surface area contributed by atoms with Crippen molar-refractivity contribution >= 4 is 62.3 Å². The van der Waals surface area contributed by atoms with Crippen molar-refractivity contribution in [3.05, 3.63) is 98.5 Å². The van der Waals surface area contributed by atoms with Crippen molar-refractivity contribution in [2.45, 2.75) is 45.7 Å². The Hall–Kier alpha value is -2.78. The van der Waals surface area contributed by atoms with Crippen molar-refractivity contribution in [2.75, 3.05) is 23.7 Å². The molecule has 0 aliphatic heterocycles. The summed E-state index contributed by atoms with van der Waals surface area (Å²) in [6.45, 7) is 4.16. The van der Waals surface area contributed by atoms with Gasteiger partial charge in [-0.15, -0.1) is 0 Å². The summed E-state index contributed by atoms with van der Waals surface area (Å²) in [5, 5.41) is 4.03. The third-order valence-electron chi connectivity index (χ3n) is 6.62. The summed E-state index contributed by atoms with van der Waals surface area (Å²) in [6.07, 6.45) is 1.66. The van der Waals surface area contributed by atoms with Gasteiger partial charge in [0, 0.05) is 37.5 Å². The van der Waals surface area contributed by atoms with Gasteiger partial charge in [-0.25, -0.2) is 8.42 Å². The van der Waals surface area contributed by atoms with E-state index in [9.17, 15) is 18.0 Å². The Labute approximate surface area is 257 Å². The van der Waals surface area contributed by atoms with Crippen molar-refractivity contribution in [3.63, 3.8) is 0 Å². The lowest BCUT2D eigenvalue weighted by molar-refractivity contribution is -0.141. The lowest BCUT2D eigenvalue weighted by Gasteiger charge is -2.32. The third kappa shape index (κ3) is 9.10. The molecule has 7 nitrogen and oxygen atoms in total. The van der Waals surface area contributed by atoms with Crippen LogP contribution in [0.25, 0.3) is 0 Å². The predicted octanol–water partition coefficient (Wildman–Crippen LogP) is 6.28. The number of nitrogens with one attached hydrogen (secondary N) is 1. The van der Waals surface area contributed by atoms with E-state index in [0.29, 0.717) is 44.8 Å². The Balaban J connectivity index is 1.90. The minimum absolute atomic E-state index is 0.0116. The van der Waals surface area contributed by atoms with Gasteiger partial charge in [-0.1, -0.05) is 77.3 Å². The SMILES string of the molecule is CCNC(=O)C(Cc1ccccc1)N(Cc1ccc(Cl)c(Cl)c1)C(=O)CCCN(c1cccc(Cl)c1C)S(C)(=O)=O. The molecule has 2 amide bonds. The molecule has 0 fully saturated rings. The molecular formula is C30H34Cl3N3O4S. The van der Waals surface area contributed by atoms with Crippen LogP contribution in [0, 0.1) is 6.92 Å². The average molecular weight is 639 g/mol. The van der Waals surface area contributed by atoms with Gasteiger partial charge in [0.1, 0.15) is 6.04 Å². The van der Waals surface area contributed by atoms with E-state index in [1.807, 2.05) is 37.3 Å². The lowest BCUT2D eigenvalue weighted by Crippen LogP contribution is -2.50. The fourth-order valence-electron chi connectivity index (χ4n) is 4.53. The Bertz CT molecular complexity index is 1470. The average Bonchev–Trinajstić information content (AvgIpc) is 2.92. The number of rotatable bonds is 13. The molecule has 1 atom stereocenters. The summed E-state index contributed by atoms with van der Waals surface area (Å²) in [7, 11) is -3.65. The zero-order valence-corrected chi connectivity index (χ0v) is 26.3. The molecule has 1 unspecified atom stereocenters. The first kappa shape index (κ1) is 32.7. The Kier molecular flexibility index (Phi) is 11.9. The summed E-state index contributed by atoms with van der Waals surface area (Å²) in [6, 6.07) is 18.8. The van der Waals surface area contributed by atoms with E-state index in [4.69, 9.17) is 34.8 Å². The number of sulfonamides is 1. The van der Waals surface area contributed by atoms with E-state index < -0.39 is 16.1 Å². The minimum Gasteiger partial charge on any atom is -0.355 e. The van der Waals surface area contributed by atoms with Gasteiger partial charge in [0.15, 0.2) is 0 Å². The number of halogens is 3. The number of benzene rings is 3. The number of anilines is 1. The highest BCUT2D eigenvalue weighted by molar-refractivity contribution is 7.92. The molecule has 3 rings (SSSR count). The fourth-order valence-corrected chi connectivity index (χ4v) is 6.04. The van der Waals surface area contributed by atoms with Crippen molar-refractivity contribution in [1.82, 2.24) is 10.2 Å². The van der Waals surface area contributed by atoms with E-state index in [-0.39, 0.29) is 37.7 Å². The maximum absolute atomic E-state index is 13.8. The van der Waals surface area contributed by atoms with Crippen LogP contribution in [0.1, 0.15) is 36.5 Å². The Morgan fingerprint density at radius 1 is 0.902 bits per heavy atom. The van der Waals surface area contributed by atoms with Gasteiger partial charge in [-0.3, -0.25) is 13.9 Å². The molecule has 0 bridgehead atoms. The molecule has 0 aliphatic rings. The smallest absolute Gasteiger partial charge is 0.243 e. The zero-order valence-electron chi connectivity index (χ0n) is 23.2. The lowest BCUT2D eigenvalue weighted by atomic mass is 10.0. The quantitative estimate of drug-likeness (QED) is 0.239. The third-order valence-corrected chi connectivity index (χ3v) is 8.95. The van der Waals surface area contributed by atoms with Crippen molar-refractivity contribution < 1.29 is 18.0 Å². The number of carbonyl (C=O) groups excluding carboxylic acids is 2. The summed E-state index contributed by atoms with van der Waals surface area (Å²) < 4.78 is 26.6. The number of amides is 2. The van der Waals surface area contributed by atoms with Crippen LogP contribution < -0.4 is 9.62 Å². The van der Waals surface area contributed by atoms with E-state index in [2.05, 4.69) is 5.32 Å². The van der Waals surface area contributed by atoms with Gasteiger partial charge in [0.25, 0.3) is 0 Å². The molecule has 0 radical (unpaired) electrons. The van der Waals surface area contributed by atoms with Gasteiger partial charge in [-0.2, -0.15) is 0 Å². The first-order valence-corrected chi connectivity index (χ1v) is 16.2. The highest BCUT2D eigenvalue weighted by Gasteiger charge is 2.30. The summed E-state index contributed by atoms with van der Waals surface area (Å²) in [5.74, 6) is -0.573. The topological polar surface area (TPSA) is 86.8 Å². The molecule has 220 valence electrons. The normalized spacial score (nSPS) is 12.0. The summed E-state index contributed by atoms with van der Waals surface area (Å²) in [5.41, 5.74) is 2.70. The maximum Gasteiger partial charge on any atom is 0.243 e. The first-order valence-electron chi connectivity index (χ1n) is 13.2. The van der Waals surface area contributed by atoms with Crippen molar-refractivity contribution in [2.24, 2.45) is 0 Å². The van der Waals surface area contributed by atoms with Crippen LogP contribution in [0.2, 0.25) is 15.1 Å². The largest absolute Gasteiger partial charge is 0.355 e. The minimum atomic E-state index is -3.65. The van der Waals surface area contributed by atoms with Crippen LogP contribution >= 0.6 is 34.8 Å². The number of carbonyl (C=O) groups is 2. The molecule has 1 N–H and O–H groups in total. The standard InChI is InChI=1S/C30H34Cl3N3O4S/c1-4-34-30(38)28(19-22-10-6-5-7-11-22)35(20-23-15-16-25(32)26(33)18-23)29(37)14-9-17-36(41(3,39)40)27-13-8-12-24(31)21(27)2/h5-8,10-13,15-16,18,28H,4,9,14,17,19-20H2,1-3H3,(H,34,38). The molecule has 11 heteroatoms. The molecule has 0 heterocycles. The van der Waals surface area contributed by atoms with Crippen LogP contribution in [-0.4, -0.2) is 50.5 Å². The van der Waals surface area contributed by atoms with Gasteiger partial charge in [0.05, 0.1) is 22.0 Å². The van der Waals surface area contributed by atoms with E-state index in [0.717, 1.165) is 11.8 Å². The fraction of sp³-hybridized carbons (Fsp3) is 0.333. The van der Waals surface area contributed by atoms with Crippen LogP contribution in [0.5, 0.6) is 0 Å². The number of likely N-dealkylation sites (N-methyl/N-ethyl adjacent to an activating group) is 1. The van der Waals surface area contributed by atoms with Crippen LogP contribution in [-0.2, 0) is 32.6 Å². The molecule has 0 spiro atoms. The van der Waals surface area contributed by atoms with E-state index >= 15 is 0 Å². The number of hydrogen-bond donors (Lipinski definition) is 1. The molecule has 0 aliphatic carbocycles. The molecule has 0 saturated heterocycles. The second-order valence-corrected chi connectivity index (χ2v) is 12.8. The molecule has 0 aromatic heterocycles. The first-order chi connectivity index (χ1) is 19.4. The van der Waals surface area contributed by atoms with Gasteiger partial charge in [-0.05, 0) is 61.2 Å². The Morgan fingerprint density at radius 2 is 1.61 bits per heavy atom. The highest BCUT2D eigenvalue weighted by atomic mass is 35.5. The summed E-state index contributed by atoms with van der Waals surface area (Å²) in [4.78, 5) is 28.7. The predicted molar refractivity (Wildman–Crippen MR) is 167 cm³/mol. The molecule has 0 saturated carbocycles. The van der Waals surface area contributed by atoms with Gasteiger partial charge < -0.3 is 10.2 Å². The zero-order chi connectivity index (χ0) is 30.2. The van der Waals surface area contributed by atoms with Crippen LogP contribution in [0.4, 0.5) is 5.69 Å². The molecule has 41 heavy (non-hydrogen) atoms. The maximum atomic E-state index is 13.8. The van der Waals surface area contributed by atoms with Crippen LogP contribution in [0.3, 0.4) is 0 Å². The van der Waals surface area contributed by atoms with E-state index in [1.165, 1.54) is 9.21 Å². The second-order valence-electron chi connectivity index (χ2n) is 9.69. The molecular weight excluding hydrogens is 605 g/mol. The van der Waals surface area contributed by atoms with Crippen LogP contribution in [0.15, 0.2) is 66.7 Å². The van der Waals surface area contributed by atoms with E-state index in [1.54, 1.807) is 43.3 Å². The Morgan fingerprint density at radius 3 is 2.24 bits per heavy atom. The summed E-state index contributed by atoms with van der Waals surface area (Å²) >= 11 is 18.6. The second kappa shape index (κ2) is 14.9. The number of nitrogens with zero attached hydrogens (tertiary/aromatic N) is 2. The monoisotopic (exact) mass is 637 g/mol. The molecule has 3 aromatic carbocycles.